The van der Waals surface area contributed by atoms with Crippen molar-refractivity contribution in [3.63, 3.8) is 0 Å². The molecule has 0 aliphatic heterocycles. The van der Waals surface area contributed by atoms with E-state index in [0.29, 0.717) is 5.92 Å². The highest BCUT2D eigenvalue weighted by Crippen LogP contribution is 2.34. The number of nitrogens with one attached hydrogen (secondary N) is 1. The Morgan fingerprint density at radius 2 is 1.88 bits per heavy atom. The zero-order valence-corrected chi connectivity index (χ0v) is 11.0. The maximum atomic E-state index is 4.56. The Morgan fingerprint density at radius 3 is 2.56 bits per heavy atom. The summed E-state index contributed by atoms with van der Waals surface area (Å²) in [6.45, 7) is 6.82. The van der Waals surface area contributed by atoms with Crippen molar-refractivity contribution < 1.29 is 0 Å². The highest BCUT2D eigenvalue weighted by atomic mass is 32.1. The van der Waals surface area contributed by atoms with Gasteiger partial charge < -0.3 is 4.98 Å². The highest BCUT2D eigenvalue weighted by molar-refractivity contribution is 7.80. The van der Waals surface area contributed by atoms with E-state index in [1.807, 2.05) is 0 Å². The smallest absolute Gasteiger partial charge is 0.0736 e. The quantitative estimate of drug-likeness (QED) is 0.720. The fourth-order valence-electron chi connectivity index (χ4n) is 2.47. The summed E-state index contributed by atoms with van der Waals surface area (Å²) in [5.41, 5.74) is 2.56. The molecule has 1 heterocycles. The van der Waals surface area contributed by atoms with Crippen molar-refractivity contribution in [2.75, 3.05) is 0 Å². The van der Waals surface area contributed by atoms with E-state index in [0.717, 1.165) is 10.9 Å². The molecule has 0 radical (unpaired) electrons. The van der Waals surface area contributed by atoms with Gasteiger partial charge in [-0.05, 0) is 29.9 Å². The average molecular weight is 233 g/mol. The van der Waals surface area contributed by atoms with Crippen LogP contribution in [0.3, 0.4) is 0 Å². The minimum Gasteiger partial charge on any atom is -0.350 e. The van der Waals surface area contributed by atoms with E-state index in [4.69, 9.17) is 0 Å². The largest absolute Gasteiger partial charge is 0.350 e. The van der Waals surface area contributed by atoms with Crippen LogP contribution in [0.25, 0.3) is 10.9 Å². The fourth-order valence-corrected chi connectivity index (χ4v) is 2.93. The van der Waals surface area contributed by atoms with Crippen molar-refractivity contribution in [2.45, 2.75) is 38.1 Å². The van der Waals surface area contributed by atoms with Crippen LogP contribution in [0.15, 0.2) is 29.3 Å². The highest BCUT2D eigenvalue weighted by Gasteiger charge is 2.16. The molecule has 0 bridgehead atoms. The van der Waals surface area contributed by atoms with Gasteiger partial charge in [-0.25, -0.2) is 0 Å². The van der Waals surface area contributed by atoms with E-state index in [1.54, 1.807) is 0 Å². The lowest BCUT2D eigenvalue weighted by Gasteiger charge is -2.14. The number of thiol groups is 1. The summed E-state index contributed by atoms with van der Waals surface area (Å²) in [6, 6.07) is 8.44. The lowest BCUT2D eigenvalue weighted by Crippen LogP contribution is -1.98. The Bertz CT molecular complexity index is 484. The van der Waals surface area contributed by atoms with Crippen LogP contribution in [-0.4, -0.2) is 4.98 Å². The van der Waals surface area contributed by atoms with Crippen molar-refractivity contribution in [2.24, 2.45) is 5.92 Å². The molecule has 2 rings (SSSR count). The second kappa shape index (κ2) is 4.54. The Morgan fingerprint density at radius 1 is 1.19 bits per heavy atom. The second-order valence-electron chi connectivity index (χ2n) is 4.96. The number of rotatable bonds is 3. The molecular formula is C14H19NS. The molecule has 2 aromatic rings. The summed E-state index contributed by atoms with van der Waals surface area (Å²) in [5.74, 6) is 1.28. The SMILES string of the molecule is CC(C)CC(C)c1c(S)[nH]c2ccccc12. The van der Waals surface area contributed by atoms with Crippen molar-refractivity contribution >= 4 is 23.5 Å². The maximum Gasteiger partial charge on any atom is 0.0736 e. The van der Waals surface area contributed by atoms with Gasteiger partial charge in [-0.2, -0.15) is 0 Å². The van der Waals surface area contributed by atoms with Gasteiger partial charge in [0.05, 0.1) is 5.03 Å². The molecular weight excluding hydrogens is 214 g/mol. The summed E-state index contributed by atoms with van der Waals surface area (Å²) in [7, 11) is 0. The van der Waals surface area contributed by atoms with Gasteiger partial charge in [0.25, 0.3) is 0 Å². The number of H-pyrrole nitrogens is 1. The molecule has 1 nitrogen and oxygen atoms in total. The third-order valence-electron chi connectivity index (χ3n) is 3.04. The Balaban J connectivity index is 2.46. The van der Waals surface area contributed by atoms with Crippen LogP contribution >= 0.6 is 12.6 Å². The van der Waals surface area contributed by atoms with Gasteiger partial charge in [0.15, 0.2) is 0 Å². The van der Waals surface area contributed by atoms with Gasteiger partial charge in [0, 0.05) is 10.9 Å². The number of aromatic nitrogens is 1. The molecule has 1 atom stereocenters. The van der Waals surface area contributed by atoms with Gasteiger partial charge in [0.1, 0.15) is 0 Å². The summed E-state index contributed by atoms with van der Waals surface area (Å²) in [4.78, 5) is 3.35. The Kier molecular flexibility index (Phi) is 3.29. The molecule has 0 spiro atoms. The van der Waals surface area contributed by atoms with Crippen LogP contribution in [0, 0.1) is 5.92 Å². The van der Waals surface area contributed by atoms with Crippen molar-refractivity contribution in [3.05, 3.63) is 29.8 Å². The van der Waals surface area contributed by atoms with E-state index in [9.17, 15) is 0 Å². The van der Waals surface area contributed by atoms with Crippen LogP contribution in [0.4, 0.5) is 0 Å². The number of hydrogen-bond acceptors (Lipinski definition) is 1. The summed E-state index contributed by atoms with van der Waals surface area (Å²) >= 11 is 4.56. The molecule has 1 unspecified atom stereocenters. The van der Waals surface area contributed by atoms with E-state index in [2.05, 4.69) is 62.6 Å². The van der Waals surface area contributed by atoms with Gasteiger partial charge in [-0.3, -0.25) is 0 Å². The van der Waals surface area contributed by atoms with Crippen molar-refractivity contribution in [1.29, 1.82) is 0 Å². The molecule has 1 aromatic heterocycles. The first-order valence-corrected chi connectivity index (χ1v) is 6.34. The molecule has 0 aliphatic rings. The molecule has 16 heavy (non-hydrogen) atoms. The molecule has 0 saturated heterocycles. The van der Waals surface area contributed by atoms with E-state index >= 15 is 0 Å². The molecule has 2 heteroatoms. The van der Waals surface area contributed by atoms with Crippen molar-refractivity contribution in [1.82, 2.24) is 4.98 Å². The lowest BCUT2D eigenvalue weighted by atomic mass is 9.92. The lowest BCUT2D eigenvalue weighted by molar-refractivity contribution is 0.521. The molecule has 0 saturated carbocycles. The van der Waals surface area contributed by atoms with Crippen LogP contribution in [0.5, 0.6) is 0 Å². The number of hydrogen-bond donors (Lipinski definition) is 2. The third kappa shape index (κ3) is 2.12. The summed E-state index contributed by atoms with van der Waals surface area (Å²) < 4.78 is 0. The first-order chi connectivity index (χ1) is 7.59. The monoisotopic (exact) mass is 233 g/mol. The van der Waals surface area contributed by atoms with Crippen LogP contribution in [0.1, 0.15) is 38.7 Å². The molecule has 0 amide bonds. The van der Waals surface area contributed by atoms with E-state index in [-0.39, 0.29) is 0 Å². The predicted molar refractivity (Wildman–Crippen MR) is 73.4 cm³/mol. The molecule has 86 valence electrons. The third-order valence-corrected chi connectivity index (χ3v) is 3.40. The molecule has 1 aromatic carbocycles. The predicted octanol–water partition coefficient (Wildman–Crippen LogP) is 4.61. The number of para-hydroxylation sites is 1. The fraction of sp³-hybridized carbons (Fsp3) is 0.429. The Hall–Kier alpha value is -0.890. The van der Waals surface area contributed by atoms with Crippen LogP contribution in [-0.2, 0) is 0 Å². The van der Waals surface area contributed by atoms with Gasteiger partial charge in [-0.15, -0.1) is 12.6 Å². The summed E-state index contributed by atoms with van der Waals surface area (Å²) in [6.07, 6.45) is 1.20. The van der Waals surface area contributed by atoms with Crippen LogP contribution < -0.4 is 0 Å². The first-order valence-electron chi connectivity index (χ1n) is 5.89. The zero-order valence-electron chi connectivity index (χ0n) is 10.1. The number of fused-ring (bicyclic) bond motifs is 1. The summed E-state index contributed by atoms with van der Waals surface area (Å²) in [5, 5.41) is 2.34. The molecule has 1 N–H and O–H groups in total. The minimum absolute atomic E-state index is 0.559. The van der Waals surface area contributed by atoms with E-state index < -0.39 is 0 Å². The minimum atomic E-state index is 0.559. The van der Waals surface area contributed by atoms with Gasteiger partial charge >= 0.3 is 0 Å². The van der Waals surface area contributed by atoms with Crippen LogP contribution in [0.2, 0.25) is 0 Å². The maximum absolute atomic E-state index is 4.56. The number of aromatic amines is 1. The van der Waals surface area contributed by atoms with E-state index in [1.165, 1.54) is 22.9 Å². The number of benzene rings is 1. The standard InChI is InChI=1S/C14H19NS/c1-9(2)8-10(3)13-11-6-4-5-7-12(11)15-14(13)16/h4-7,9-10,15-16H,8H2,1-3H3. The second-order valence-corrected chi connectivity index (χ2v) is 5.41. The average Bonchev–Trinajstić information content (AvgIpc) is 2.52. The molecule has 0 fully saturated rings. The van der Waals surface area contributed by atoms with Gasteiger partial charge in [0.2, 0.25) is 0 Å². The van der Waals surface area contributed by atoms with Gasteiger partial charge in [-0.1, -0.05) is 39.0 Å². The first kappa shape index (κ1) is 11.6. The Labute approximate surface area is 103 Å². The van der Waals surface area contributed by atoms with Crippen molar-refractivity contribution in [3.8, 4) is 0 Å². The zero-order chi connectivity index (χ0) is 11.7. The molecule has 0 aliphatic carbocycles. The normalized spacial score (nSPS) is 13.6. The topological polar surface area (TPSA) is 15.8 Å².